The second-order valence-corrected chi connectivity index (χ2v) is 10.2. The molecular weight excluding hydrogens is 280 g/mol. The molecule has 0 aliphatic heterocycles. The highest BCUT2D eigenvalue weighted by Crippen LogP contribution is 2.17. The molecule has 0 aromatic heterocycles. The van der Waals surface area contributed by atoms with Crippen LogP contribution in [0, 0.1) is 0 Å². The average Bonchev–Trinajstić information content (AvgIpc) is 2.13. The highest BCUT2D eigenvalue weighted by atomic mass is 32.2. The van der Waals surface area contributed by atoms with Crippen molar-refractivity contribution in [3.63, 3.8) is 0 Å². The molecule has 0 bridgehead atoms. The predicted molar refractivity (Wildman–Crippen MR) is 69.0 cm³/mol. The fraction of sp³-hybridized carbons (Fsp3) is 0.900. The Morgan fingerprint density at radius 2 is 1.56 bits per heavy atom. The van der Waals surface area contributed by atoms with Gasteiger partial charge >= 0.3 is 5.97 Å². The Hall–Kier alpha value is -0.630. The van der Waals surface area contributed by atoms with Crippen LogP contribution < -0.4 is 0 Å². The number of hydrogen-bond acceptors (Lipinski definition) is 5. The maximum absolute atomic E-state index is 11.8. The molecule has 18 heavy (non-hydrogen) atoms. The lowest BCUT2D eigenvalue weighted by Crippen LogP contribution is -2.37. The third kappa shape index (κ3) is 4.24. The van der Waals surface area contributed by atoms with E-state index in [-0.39, 0.29) is 6.42 Å². The zero-order valence-corrected chi connectivity index (χ0v) is 12.6. The monoisotopic (exact) mass is 300 g/mol. The molecule has 1 atom stereocenters. The molecule has 8 heteroatoms. The second kappa shape index (κ2) is 5.56. The summed E-state index contributed by atoms with van der Waals surface area (Å²) in [5.74, 6) is -2.65. The number of rotatable bonds is 6. The Balaban J connectivity index is 5.00. The van der Waals surface area contributed by atoms with E-state index in [4.69, 9.17) is 5.11 Å². The summed E-state index contributed by atoms with van der Waals surface area (Å²) in [5.41, 5.74) is 0. The minimum absolute atomic E-state index is 0.0762. The molecule has 0 fully saturated rings. The van der Waals surface area contributed by atoms with E-state index in [2.05, 4.69) is 0 Å². The molecule has 1 unspecified atom stereocenters. The summed E-state index contributed by atoms with van der Waals surface area (Å²) in [4.78, 5) is 10.8. The van der Waals surface area contributed by atoms with Gasteiger partial charge in [0.1, 0.15) is 0 Å². The van der Waals surface area contributed by atoms with Gasteiger partial charge in [0.05, 0.1) is 16.3 Å². The van der Waals surface area contributed by atoms with Crippen molar-refractivity contribution in [1.29, 1.82) is 0 Å². The molecule has 1 N–H and O–H groups in total. The Labute approximate surface area is 108 Å². The first-order chi connectivity index (χ1) is 7.85. The molecule has 0 aliphatic carbocycles. The van der Waals surface area contributed by atoms with E-state index in [1.54, 1.807) is 0 Å². The largest absolute Gasteiger partial charge is 0.480 e. The molecular formula is C10H20O6S2. The molecule has 0 aliphatic rings. The Morgan fingerprint density at radius 3 is 1.83 bits per heavy atom. The van der Waals surface area contributed by atoms with E-state index in [1.165, 1.54) is 27.7 Å². The molecule has 0 aromatic rings. The van der Waals surface area contributed by atoms with E-state index < -0.39 is 47.1 Å². The average molecular weight is 300 g/mol. The number of aliphatic carboxylic acids is 1. The number of hydrogen-bond donors (Lipinski definition) is 1. The minimum atomic E-state index is -3.94. The lowest BCUT2D eigenvalue weighted by molar-refractivity contribution is -0.136. The summed E-state index contributed by atoms with van der Waals surface area (Å²) >= 11 is 0. The third-order valence-electron chi connectivity index (χ3n) is 2.65. The predicted octanol–water partition coefficient (Wildman–Crippen LogP) is 0.478. The van der Waals surface area contributed by atoms with Crippen LogP contribution in [-0.2, 0) is 24.5 Å². The Morgan fingerprint density at radius 1 is 1.11 bits per heavy atom. The van der Waals surface area contributed by atoms with E-state index in [0.717, 1.165) is 0 Å². The number of carboxylic acid groups (broad SMARTS) is 1. The first-order valence-corrected chi connectivity index (χ1v) is 8.88. The molecule has 0 rings (SSSR count). The lowest BCUT2D eigenvalue weighted by atomic mass is 10.3. The van der Waals surface area contributed by atoms with E-state index in [0.29, 0.717) is 0 Å². The van der Waals surface area contributed by atoms with Crippen LogP contribution in [0.5, 0.6) is 0 Å². The van der Waals surface area contributed by atoms with Crippen LogP contribution in [0.4, 0.5) is 0 Å². The van der Waals surface area contributed by atoms with Crippen molar-refractivity contribution in [2.75, 3.05) is 11.5 Å². The number of sulfone groups is 2. The van der Waals surface area contributed by atoms with Gasteiger partial charge in [-0.2, -0.15) is 0 Å². The van der Waals surface area contributed by atoms with E-state index in [9.17, 15) is 21.6 Å². The second-order valence-electron chi connectivity index (χ2n) is 5.03. The van der Waals surface area contributed by atoms with Gasteiger partial charge in [-0.15, -0.1) is 0 Å². The molecule has 0 saturated heterocycles. The first-order valence-electron chi connectivity index (χ1n) is 5.52. The summed E-state index contributed by atoms with van der Waals surface area (Å²) < 4.78 is 46.0. The van der Waals surface area contributed by atoms with Gasteiger partial charge in [0.15, 0.2) is 24.9 Å². The van der Waals surface area contributed by atoms with Crippen LogP contribution in [0.2, 0.25) is 0 Å². The molecule has 0 heterocycles. The Kier molecular flexibility index (Phi) is 5.37. The van der Waals surface area contributed by atoms with Crippen LogP contribution in [0.25, 0.3) is 0 Å². The minimum Gasteiger partial charge on any atom is -0.480 e. The Bertz CT molecular complexity index is 495. The fourth-order valence-corrected chi connectivity index (χ4v) is 4.78. The standard InChI is InChI=1S/C10H20O6S2/c1-5-8(9(11)12)17(13,14)6-7-18(15,16)10(2,3)4/h8H,5-7H2,1-4H3,(H,11,12). The third-order valence-corrected chi connectivity index (χ3v) is 7.69. The van der Waals surface area contributed by atoms with Gasteiger partial charge in [0.2, 0.25) is 0 Å². The highest BCUT2D eigenvalue weighted by Gasteiger charge is 2.35. The zero-order chi connectivity index (χ0) is 14.8. The SMILES string of the molecule is CCC(C(=O)O)S(=O)(=O)CCS(=O)(=O)C(C)(C)C. The molecule has 0 spiro atoms. The molecule has 108 valence electrons. The molecule has 6 nitrogen and oxygen atoms in total. The normalized spacial score (nSPS) is 15.3. The van der Waals surface area contributed by atoms with E-state index >= 15 is 0 Å². The van der Waals surface area contributed by atoms with Gasteiger partial charge in [-0.1, -0.05) is 6.92 Å². The number of carboxylic acids is 1. The molecule has 0 aromatic carbocycles. The van der Waals surface area contributed by atoms with Crippen LogP contribution in [-0.4, -0.2) is 49.4 Å². The topological polar surface area (TPSA) is 106 Å². The summed E-state index contributed by atoms with van der Waals surface area (Å²) in [6.07, 6.45) is -0.0762. The van der Waals surface area contributed by atoms with Crippen molar-refractivity contribution in [2.24, 2.45) is 0 Å². The molecule has 0 saturated carbocycles. The smallest absolute Gasteiger partial charge is 0.321 e. The molecule has 0 radical (unpaired) electrons. The van der Waals surface area contributed by atoms with Crippen molar-refractivity contribution in [2.45, 2.75) is 44.1 Å². The fourth-order valence-electron chi connectivity index (χ4n) is 1.26. The van der Waals surface area contributed by atoms with Crippen molar-refractivity contribution in [1.82, 2.24) is 0 Å². The van der Waals surface area contributed by atoms with Crippen LogP contribution in [0.1, 0.15) is 34.1 Å². The summed E-state index contributed by atoms with van der Waals surface area (Å²) in [6, 6.07) is 0. The van der Waals surface area contributed by atoms with Gasteiger partial charge in [0.25, 0.3) is 0 Å². The van der Waals surface area contributed by atoms with Crippen molar-refractivity contribution < 1.29 is 26.7 Å². The van der Waals surface area contributed by atoms with Gasteiger partial charge in [0, 0.05) is 0 Å². The zero-order valence-electron chi connectivity index (χ0n) is 11.0. The highest BCUT2D eigenvalue weighted by molar-refractivity contribution is 7.96. The summed E-state index contributed by atoms with van der Waals surface area (Å²) in [6.45, 7) is 5.87. The quantitative estimate of drug-likeness (QED) is 0.764. The lowest BCUT2D eigenvalue weighted by Gasteiger charge is -2.19. The maximum atomic E-state index is 11.8. The van der Waals surface area contributed by atoms with Gasteiger partial charge in [-0.05, 0) is 27.2 Å². The van der Waals surface area contributed by atoms with Crippen molar-refractivity contribution >= 4 is 25.6 Å². The van der Waals surface area contributed by atoms with Gasteiger partial charge in [-0.25, -0.2) is 16.8 Å². The van der Waals surface area contributed by atoms with E-state index in [1.807, 2.05) is 0 Å². The summed E-state index contributed by atoms with van der Waals surface area (Å²) in [5, 5.41) is 7.23. The van der Waals surface area contributed by atoms with Gasteiger partial charge in [-0.3, -0.25) is 4.79 Å². The van der Waals surface area contributed by atoms with Crippen LogP contribution in [0.15, 0.2) is 0 Å². The van der Waals surface area contributed by atoms with Crippen LogP contribution >= 0.6 is 0 Å². The van der Waals surface area contributed by atoms with Crippen molar-refractivity contribution in [3.8, 4) is 0 Å². The van der Waals surface area contributed by atoms with Crippen molar-refractivity contribution in [3.05, 3.63) is 0 Å². The van der Waals surface area contributed by atoms with Gasteiger partial charge < -0.3 is 5.11 Å². The summed E-state index contributed by atoms with van der Waals surface area (Å²) in [7, 11) is -7.51. The maximum Gasteiger partial charge on any atom is 0.321 e. The molecule has 0 amide bonds. The first kappa shape index (κ1) is 17.4. The van der Waals surface area contributed by atoms with Crippen LogP contribution in [0.3, 0.4) is 0 Å². The number of carbonyl (C=O) groups is 1.